The molecule has 0 bridgehead atoms. The molecule has 2 aromatic rings. The van der Waals surface area contributed by atoms with Crippen LogP contribution in [0.1, 0.15) is 16.8 Å². The van der Waals surface area contributed by atoms with E-state index in [-0.39, 0.29) is 12.5 Å². The number of carbonyl (C=O) groups excluding carboxylic acids is 1. The molecule has 1 aromatic carbocycles. The van der Waals surface area contributed by atoms with Crippen molar-refractivity contribution >= 4 is 11.7 Å². The molecule has 3 N–H and O–H groups in total. The van der Waals surface area contributed by atoms with Gasteiger partial charge in [-0.2, -0.15) is 0 Å². The molecule has 0 aliphatic heterocycles. The molecule has 0 aliphatic carbocycles. The van der Waals surface area contributed by atoms with E-state index in [2.05, 4.69) is 10.3 Å². The maximum Gasteiger partial charge on any atom is 0.263 e. The van der Waals surface area contributed by atoms with E-state index in [1.807, 2.05) is 38.1 Å². The lowest BCUT2D eigenvalue weighted by Gasteiger charge is -2.08. The number of ether oxygens (including phenoxy) is 1. The van der Waals surface area contributed by atoms with E-state index in [1.165, 1.54) is 0 Å². The Morgan fingerprint density at radius 3 is 2.57 bits per heavy atom. The third-order valence-corrected chi connectivity index (χ3v) is 2.89. The number of nitrogens with zero attached hydrogens (tertiary/aromatic N) is 1. The molecule has 21 heavy (non-hydrogen) atoms. The van der Waals surface area contributed by atoms with Crippen molar-refractivity contribution in [1.82, 2.24) is 4.98 Å². The van der Waals surface area contributed by atoms with E-state index in [0.717, 1.165) is 16.8 Å². The maximum absolute atomic E-state index is 11.8. The largest absolute Gasteiger partial charge is 0.484 e. The predicted octanol–water partition coefficient (Wildman–Crippen LogP) is 2.17. The Morgan fingerprint density at radius 1 is 1.24 bits per heavy atom. The van der Waals surface area contributed by atoms with Crippen LogP contribution >= 0.6 is 0 Å². The van der Waals surface area contributed by atoms with E-state index in [1.54, 1.807) is 12.1 Å². The molecule has 1 amide bonds. The number of amides is 1. The van der Waals surface area contributed by atoms with Crippen LogP contribution in [0.25, 0.3) is 0 Å². The second-order valence-electron chi connectivity index (χ2n) is 4.86. The fourth-order valence-electron chi connectivity index (χ4n) is 1.95. The van der Waals surface area contributed by atoms with E-state index in [4.69, 9.17) is 10.5 Å². The van der Waals surface area contributed by atoms with Crippen LogP contribution < -0.4 is 15.8 Å². The number of aryl methyl sites for hydroxylation is 2. The van der Waals surface area contributed by atoms with Gasteiger partial charge in [-0.15, -0.1) is 0 Å². The first-order valence-corrected chi connectivity index (χ1v) is 6.74. The van der Waals surface area contributed by atoms with Gasteiger partial charge in [-0.3, -0.25) is 4.79 Å². The molecule has 5 heteroatoms. The summed E-state index contributed by atoms with van der Waals surface area (Å²) in [5.41, 5.74) is 8.46. The Kier molecular flexibility index (Phi) is 4.90. The van der Waals surface area contributed by atoms with Crippen molar-refractivity contribution < 1.29 is 9.53 Å². The Balaban J connectivity index is 1.89. The topological polar surface area (TPSA) is 77.2 Å². The van der Waals surface area contributed by atoms with Crippen LogP contribution in [0.3, 0.4) is 0 Å². The molecule has 0 spiro atoms. The summed E-state index contributed by atoms with van der Waals surface area (Å²) >= 11 is 0. The minimum atomic E-state index is -0.240. The lowest BCUT2D eigenvalue weighted by atomic mass is 10.2. The first-order valence-electron chi connectivity index (χ1n) is 6.74. The molecule has 0 atom stereocenters. The van der Waals surface area contributed by atoms with Gasteiger partial charge >= 0.3 is 0 Å². The molecule has 5 nitrogen and oxygen atoms in total. The highest BCUT2D eigenvalue weighted by Gasteiger charge is 2.05. The zero-order chi connectivity index (χ0) is 15.2. The smallest absolute Gasteiger partial charge is 0.263 e. The Hall–Kier alpha value is -2.40. The van der Waals surface area contributed by atoms with E-state index in [9.17, 15) is 4.79 Å². The molecule has 0 radical (unpaired) electrons. The van der Waals surface area contributed by atoms with E-state index in [0.29, 0.717) is 18.1 Å². The predicted molar refractivity (Wildman–Crippen MR) is 82.2 cm³/mol. The van der Waals surface area contributed by atoms with Crippen LogP contribution in [0.2, 0.25) is 0 Å². The maximum atomic E-state index is 11.8. The van der Waals surface area contributed by atoms with Gasteiger partial charge in [0.05, 0.1) is 0 Å². The van der Waals surface area contributed by atoms with Crippen LogP contribution in [-0.4, -0.2) is 17.5 Å². The van der Waals surface area contributed by atoms with Crippen LogP contribution in [0.4, 0.5) is 5.82 Å². The van der Waals surface area contributed by atoms with Crippen LogP contribution in [0.15, 0.2) is 36.4 Å². The summed E-state index contributed by atoms with van der Waals surface area (Å²) in [4.78, 5) is 16.1. The van der Waals surface area contributed by atoms with Crippen molar-refractivity contribution in [3.8, 4) is 5.75 Å². The van der Waals surface area contributed by atoms with Crippen molar-refractivity contribution in [3.05, 3.63) is 53.2 Å². The third-order valence-electron chi connectivity index (χ3n) is 2.89. The van der Waals surface area contributed by atoms with Crippen LogP contribution in [0, 0.1) is 13.8 Å². The molecule has 1 aromatic heterocycles. The number of carbonyl (C=O) groups is 1. The molecule has 0 fully saturated rings. The molecule has 2 rings (SSSR count). The molecule has 0 unspecified atom stereocenters. The minimum Gasteiger partial charge on any atom is -0.484 e. The Labute approximate surface area is 124 Å². The number of nitrogens with two attached hydrogens (primary N) is 1. The third kappa shape index (κ3) is 4.57. The Bertz CT molecular complexity index is 604. The van der Waals surface area contributed by atoms with Gasteiger partial charge in [-0.05, 0) is 49.2 Å². The zero-order valence-corrected chi connectivity index (χ0v) is 12.2. The van der Waals surface area contributed by atoms with Gasteiger partial charge in [0.2, 0.25) is 0 Å². The Morgan fingerprint density at radius 2 is 1.95 bits per heavy atom. The normalized spacial score (nSPS) is 10.2. The van der Waals surface area contributed by atoms with Crippen molar-refractivity contribution in [1.29, 1.82) is 0 Å². The molecule has 0 aliphatic rings. The summed E-state index contributed by atoms with van der Waals surface area (Å²) in [6.07, 6.45) is 0. The second kappa shape index (κ2) is 6.85. The minimum absolute atomic E-state index is 0.0589. The summed E-state index contributed by atoms with van der Waals surface area (Å²) in [5, 5.41) is 2.72. The molecule has 1 heterocycles. The molecule has 0 saturated heterocycles. The molecular weight excluding hydrogens is 266 g/mol. The van der Waals surface area contributed by atoms with Gasteiger partial charge in [0.25, 0.3) is 5.91 Å². The second-order valence-corrected chi connectivity index (χ2v) is 4.86. The number of benzene rings is 1. The summed E-state index contributed by atoms with van der Waals surface area (Å²) in [5.74, 6) is 0.936. The summed E-state index contributed by atoms with van der Waals surface area (Å²) in [7, 11) is 0. The average Bonchev–Trinajstić information content (AvgIpc) is 2.44. The number of nitrogens with one attached hydrogen (secondary N) is 1. The standard InChI is InChI=1S/C16H19N3O2/c1-11-7-12(2)18-15(8-11)19-16(20)10-21-14-5-3-13(9-17)4-6-14/h3-8H,9-10,17H2,1-2H3,(H,18,19,20). The highest BCUT2D eigenvalue weighted by molar-refractivity contribution is 5.91. The number of hydrogen-bond donors (Lipinski definition) is 2. The molecule has 110 valence electrons. The SMILES string of the molecule is Cc1cc(C)nc(NC(=O)COc2ccc(CN)cc2)c1. The molecular formula is C16H19N3O2. The monoisotopic (exact) mass is 285 g/mol. The van der Waals surface area contributed by atoms with E-state index < -0.39 is 0 Å². The lowest BCUT2D eigenvalue weighted by Crippen LogP contribution is -2.21. The fraction of sp³-hybridized carbons (Fsp3) is 0.250. The summed E-state index contributed by atoms with van der Waals surface area (Å²) < 4.78 is 5.42. The number of anilines is 1. The first-order chi connectivity index (χ1) is 10.1. The van der Waals surface area contributed by atoms with Crippen LogP contribution in [0.5, 0.6) is 5.75 Å². The van der Waals surface area contributed by atoms with Crippen molar-refractivity contribution in [2.45, 2.75) is 20.4 Å². The van der Waals surface area contributed by atoms with Crippen molar-refractivity contribution in [3.63, 3.8) is 0 Å². The average molecular weight is 285 g/mol. The van der Waals surface area contributed by atoms with Crippen LogP contribution in [-0.2, 0) is 11.3 Å². The highest BCUT2D eigenvalue weighted by atomic mass is 16.5. The zero-order valence-electron chi connectivity index (χ0n) is 12.2. The number of hydrogen-bond acceptors (Lipinski definition) is 4. The quantitative estimate of drug-likeness (QED) is 0.882. The van der Waals surface area contributed by atoms with Gasteiger partial charge in [-0.1, -0.05) is 12.1 Å². The van der Waals surface area contributed by atoms with E-state index >= 15 is 0 Å². The van der Waals surface area contributed by atoms with Crippen molar-refractivity contribution in [2.75, 3.05) is 11.9 Å². The number of rotatable bonds is 5. The molecule has 0 saturated carbocycles. The highest BCUT2D eigenvalue weighted by Crippen LogP contribution is 2.12. The van der Waals surface area contributed by atoms with Gasteiger partial charge in [-0.25, -0.2) is 4.98 Å². The summed E-state index contributed by atoms with van der Waals surface area (Å²) in [6.45, 7) is 4.27. The van der Waals surface area contributed by atoms with Gasteiger partial charge in [0.15, 0.2) is 6.61 Å². The number of aromatic nitrogens is 1. The van der Waals surface area contributed by atoms with Crippen molar-refractivity contribution in [2.24, 2.45) is 5.73 Å². The van der Waals surface area contributed by atoms with Gasteiger partial charge < -0.3 is 15.8 Å². The fourth-order valence-corrected chi connectivity index (χ4v) is 1.95. The van der Waals surface area contributed by atoms with Gasteiger partial charge in [0.1, 0.15) is 11.6 Å². The van der Waals surface area contributed by atoms with Gasteiger partial charge in [0, 0.05) is 12.2 Å². The lowest BCUT2D eigenvalue weighted by molar-refractivity contribution is -0.118. The number of pyridine rings is 1. The first kappa shape index (κ1) is 15.0. The summed E-state index contributed by atoms with van der Waals surface area (Å²) in [6, 6.07) is 11.1.